The number of unbranched alkanes of at least 4 members (excludes halogenated alkanes) is 1. The number of hydrogen-bond donors (Lipinski definition) is 0. The Morgan fingerprint density at radius 3 is 2.29 bits per heavy atom. The zero-order valence-corrected chi connectivity index (χ0v) is 11.2. The molecule has 14 heavy (non-hydrogen) atoms. The van der Waals surface area contributed by atoms with E-state index < -0.39 is 8.32 Å². The van der Waals surface area contributed by atoms with Crippen molar-refractivity contribution in [1.29, 1.82) is 0 Å². The summed E-state index contributed by atoms with van der Waals surface area (Å²) in [6, 6.07) is 0. The predicted octanol–water partition coefficient (Wildman–Crippen LogP) is 3.38. The summed E-state index contributed by atoms with van der Waals surface area (Å²) in [6.45, 7) is 10.3. The van der Waals surface area contributed by atoms with Crippen LogP contribution in [0.2, 0.25) is 19.6 Å². The van der Waals surface area contributed by atoms with Crippen molar-refractivity contribution in [3.63, 3.8) is 0 Å². The van der Waals surface area contributed by atoms with Crippen LogP contribution in [-0.2, 0) is 9.22 Å². The molecule has 0 aliphatic carbocycles. The highest BCUT2D eigenvalue weighted by molar-refractivity contribution is 6.69. The Bertz CT molecular complexity index is 173. The first-order valence-electron chi connectivity index (χ1n) is 5.52. The highest BCUT2D eigenvalue weighted by Gasteiger charge is 2.21. The fourth-order valence-electron chi connectivity index (χ4n) is 1.46. The zero-order valence-electron chi connectivity index (χ0n) is 10.2. The monoisotopic (exact) mass is 216 g/mol. The Morgan fingerprint density at radius 1 is 1.36 bits per heavy atom. The molecule has 84 valence electrons. The maximum absolute atomic E-state index is 11.0. The lowest BCUT2D eigenvalue weighted by Gasteiger charge is -2.25. The lowest BCUT2D eigenvalue weighted by molar-refractivity contribution is -0.118. The first-order valence-corrected chi connectivity index (χ1v) is 8.93. The molecule has 0 spiro atoms. The van der Waals surface area contributed by atoms with Crippen LogP contribution in [0.3, 0.4) is 0 Å². The Labute approximate surface area is 89.2 Å². The highest BCUT2D eigenvalue weighted by atomic mass is 28.4. The Kier molecular flexibility index (Phi) is 6.28. The summed E-state index contributed by atoms with van der Waals surface area (Å²) in [5.41, 5.74) is 0. The Hall–Kier alpha value is -0.153. The van der Waals surface area contributed by atoms with Gasteiger partial charge in [0.1, 0.15) is 5.78 Å². The zero-order chi connectivity index (χ0) is 11.2. The van der Waals surface area contributed by atoms with E-state index in [9.17, 15) is 4.79 Å². The standard InChI is InChI=1S/C11H24O2Si/c1-6-7-8-11(9-10(2)12)13-14(3,4)5/h11H,6-9H2,1-5H3/t11-/m1/s1. The Balaban J connectivity index is 4.03. The van der Waals surface area contributed by atoms with E-state index in [0.29, 0.717) is 6.42 Å². The van der Waals surface area contributed by atoms with Crippen LogP contribution in [0.1, 0.15) is 39.5 Å². The van der Waals surface area contributed by atoms with Crippen molar-refractivity contribution in [2.45, 2.75) is 65.3 Å². The Morgan fingerprint density at radius 2 is 1.93 bits per heavy atom. The van der Waals surface area contributed by atoms with Crippen LogP contribution >= 0.6 is 0 Å². The topological polar surface area (TPSA) is 26.3 Å². The second-order valence-electron chi connectivity index (χ2n) is 4.90. The van der Waals surface area contributed by atoms with Gasteiger partial charge in [-0.05, 0) is 33.0 Å². The van der Waals surface area contributed by atoms with Gasteiger partial charge in [0.05, 0.1) is 6.10 Å². The van der Waals surface area contributed by atoms with E-state index in [4.69, 9.17) is 4.43 Å². The lowest BCUT2D eigenvalue weighted by atomic mass is 10.1. The molecular weight excluding hydrogens is 192 g/mol. The summed E-state index contributed by atoms with van der Waals surface area (Å²) in [5, 5.41) is 0. The third-order valence-electron chi connectivity index (χ3n) is 1.92. The van der Waals surface area contributed by atoms with Crippen LogP contribution in [0.25, 0.3) is 0 Å². The van der Waals surface area contributed by atoms with E-state index in [-0.39, 0.29) is 11.9 Å². The van der Waals surface area contributed by atoms with Crippen molar-refractivity contribution < 1.29 is 9.22 Å². The van der Waals surface area contributed by atoms with Gasteiger partial charge in [-0.25, -0.2) is 0 Å². The number of hydrogen-bond acceptors (Lipinski definition) is 2. The van der Waals surface area contributed by atoms with E-state index in [1.54, 1.807) is 6.92 Å². The number of rotatable bonds is 7. The maximum atomic E-state index is 11.0. The summed E-state index contributed by atoms with van der Waals surface area (Å²) in [4.78, 5) is 11.0. The molecule has 3 heteroatoms. The molecular formula is C11H24O2Si. The van der Waals surface area contributed by atoms with E-state index in [1.165, 1.54) is 6.42 Å². The minimum absolute atomic E-state index is 0.166. The largest absolute Gasteiger partial charge is 0.414 e. The van der Waals surface area contributed by atoms with Crippen LogP contribution in [0.4, 0.5) is 0 Å². The molecule has 2 nitrogen and oxygen atoms in total. The summed E-state index contributed by atoms with van der Waals surface area (Å²) in [5.74, 6) is 0.240. The number of Topliss-reactive ketones (excluding diaryl/α,β-unsaturated/α-hetero) is 1. The van der Waals surface area contributed by atoms with Crippen molar-refractivity contribution in [3.05, 3.63) is 0 Å². The van der Waals surface area contributed by atoms with Gasteiger partial charge in [-0.2, -0.15) is 0 Å². The number of carbonyl (C=O) groups excluding carboxylic acids is 1. The van der Waals surface area contributed by atoms with E-state index in [2.05, 4.69) is 26.6 Å². The molecule has 0 aromatic heterocycles. The number of carbonyl (C=O) groups is 1. The third kappa shape index (κ3) is 8.45. The molecule has 0 amide bonds. The summed E-state index contributed by atoms with van der Waals surface area (Å²) < 4.78 is 5.97. The SMILES string of the molecule is CCCC[C@H](CC(C)=O)O[Si](C)(C)C. The average Bonchev–Trinajstić information content (AvgIpc) is 1.96. The van der Waals surface area contributed by atoms with Gasteiger partial charge >= 0.3 is 0 Å². The van der Waals surface area contributed by atoms with Gasteiger partial charge in [0.15, 0.2) is 8.32 Å². The molecule has 0 unspecified atom stereocenters. The maximum Gasteiger partial charge on any atom is 0.184 e. The molecule has 0 saturated carbocycles. The smallest absolute Gasteiger partial charge is 0.184 e. The predicted molar refractivity (Wildman–Crippen MR) is 63.0 cm³/mol. The highest BCUT2D eigenvalue weighted by Crippen LogP contribution is 2.15. The van der Waals surface area contributed by atoms with Gasteiger partial charge < -0.3 is 4.43 Å². The molecule has 0 aromatic rings. The molecule has 0 radical (unpaired) electrons. The van der Waals surface area contributed by atoms with Crippen molar-refractivity contribution in [1.82, 2.24) is 0 Å². The van der Waals surface area contributed by atoms with Crippen LogP contribution < -0.4 is 0 Å². The molecule has 1 atom stereocenters. The first kappa shape index (κ1) is 13.8. The van der Waals surface area contributed by atoms with Crippen LogP contribution in [-0.4, -0.2) is 20.2 Å². The number of ketones is 1. The normalized spacial score (nSPS) is 14.1. The van der Waals surface area contributed by atoms with Crippen molar-refractivity contribution in [2.24, 2.45) is 0 Å². The lowest BCUT2D eigenvalue weighted by Crippen LogP contribution is -2.33. The summed E-state index contributed by atoms with van der Waals surface area (Å²) in [6.07, 6.45) is 4.11. The quantitative estimate of drug-likeness (QED) is 0.610. The molecule has 0 rings (SSSR count). The van der Waals surface area contributed by atoms with Crippen LogP contribution in [0.5, 0.6) is 0 Å². The van der Waals surface area contributed by atoms with Gasteiger partial charge in [-0.3, -0.25) is 4.79 Å². The summed E-state index contributed by atoms with van der Waals surface area (Å²) >= 11 is 0. The molecule has 0 aliphatic heterocycles. The molecule has 0 bridgehead atoms. The molecule has 0 heterocycles. The minimum Gasteiger partial charge on any atom is -0.414 e. The van der Waals surface area contributed by atoms with Gasteiger partial charge in [-0.15, -0.1) is 0 Å². The van der Waals surface area contributed by atoms with Crippen molar-refractivity contribution in [3.8, 4) is 0 Å². The summed E-state index contributed by atoms with van der Waals surface area (Å²) in [7, 11) is -1.49. The fraction of sp³-hybridized carbons (Fsp3) is 0.909. The second kappa shape index (κ2) is 6.35. The first-order chi connectivity index (χ1) is 6.35. The van der Waals surface area contributed by atoms with Crippen molar-refractivity contribution in [2.75, 3.05) is 0 Å². The molecule has 0 aromatic carbocycles. The van der Waals surface area contributed by atoms with E-state index in [1.807, 2.05) is 0 Å². The van der Waals surface area contributed by atoms with Gasteiger partial charge in [0.2, 0.25) is 0 Å². The van der Waals surface area contributed by atoms with Crippen LogP contribution in [0, 0.1) is 0 Å². The van der Waals surface area contributed by atoms with Crippen molar-refractivity contribution >= 4 is 14.1 Å². The third-order valence-corrected chi connectivity index (χ3v) is 2.96. The minimum atomic E-state index is -1.49. The fourth-order valence-corrected chi connectivity index (χ4v) is 2.66. The van der Waals surface area contributed by atoms with Gasteiger partial charge in [-0.1, -0.05) is 19.8 Å². The van der Waals surface area contributed by atoms with Gasteiger partial charge in [0, 0.05) is 6.42 Å². The van der Waals surface area contributed by atoms with Crippen LogP contribution in [0.15, 0.2) is 0 Å². The molecule has 0 aliphatic rings. The second-order valence-corrected chi connectivity index (χ2v) is 9.36. The molecule has 0 saturated heterocycles. The molecule has 0 fully saturated rings. The average molecular weight is 216 g/mol. The van der Waals surface area contributed by atoms with E-state index in [0.717, 1.165) is 12.8 Å². The molecule has 0 N–H and O–H groups in total. The van der Waals surface area contributed by atoms with E-state index >= 15 is 0 Å². The van der Waals surface area contributed by atoms with Gasteiger partial charge in [0.25, 0.3) is 0 Å².